The Kier molecular flexibility index (Phi) is 6.35. The van der Waals surface area contributed by atoms with Crippen molar-refractivity contribution in [2.24, 2.45) is 0 Å². The summed E-state index contributed by atoms with van der Waals surface area (Å²) in [6.07, 6.45) is 2.08. The van der Waals surface area contributed by atoms with Crippen LogP contribution in [0, 0.1) is 20.8 Å². The van der Waals surface area contributed by atoms with Crippen molar-refractivity contribution in [1.82, 2.24) is 14.7 Å². The molecule has 0 unspecified atom stereocenters. The van der Waals surface area contributed by atoms with Crippen LogP contribution in [0.25, 0.3) is 10.9 Å². The number of carbonyl (C=O) groups excluding carboxylic acids is 1. The zero-order chi connectivity index (χ0) is 27.2. The second-order valence-corrected chi connectivity index (χ2v) is 11.4. The number of carbonyl (C=O) groups is 1. The fraction of sp³-hybridized carbons (Fsp3) is 0.276. The minimum absolute atomic E-state index is 0.00126. The molecule has 1 saturated carbocycles. The van der Waals surface area contributed by atoms with E-state index in [9.17, 15) is 13.2 Å². The molecular weight excluding hydrogens is 502 g/mol. The van der Waals surface area contributed by atoms with Gasteiger partial charge in [-0.25, -0.2) is 18.1 Å². The van der Waals surface area contributed by atoms with Gasteiger partial charge in [0.05, 0.1) is 30.0 Å². The van der Waals surface area contributed by atoms with E-state index in [1.165, 1.54) is 13.2 Å². The van der Waals surface area contributed by atoms with Crippen molar-refractivity contribution >= 4 is 26.8 Å². The number of ether oxygens (including phenoxy) is 2. The summed E-state index contributed by atoms with van der Waals surface area (Å²) in [4.78, 5) is 22.9. The summed E-state index contributed by atoms with van der Waals surface area (Å²) in [6.45, 7) is 5.64. The van der Waals surface area contributed by atoms with E-state index in [2.05, 4.69) is 14.7 Å². The zero-order valence-electron chi connectivity index (χ0n) is 21.9. The number of amides is 1. The average molecular weight is 532 g/mol. The fourth-order valence-electron chi connectivity index (χ4n) is 5.23. The van der Waals surface area contributed by atoms with Crippen LogP contribution < -0.4 is 14.2 Å². The second-order valence-electron chi connectivity index (χ2n) is 9.74. The zero-order valence-corrected chi connectivity index (χ0v) is 22.7. The highest BCUT2D eigenvalue weighted by molar-refractivity contribution is 7.90. The van der Waals surface area contributed by atoms with Crippen LogP contribution in [0.5, 0.6) is 11.6 Å². The van der Waals surface area contributed by atoms with Gasteiger partial charge in [-0.05, 0) is 69.2 Å². The maximum atomic E-state index is 14.1. The molecule has 9 heteroatoms. The number of hydrogen-bond donors (Lipinski definition) is 1. The van der Waals surface area contributed by atoms with Gasteiger partial charge in [-0.15, -0.1) is 0 Å². The summed E-state index contributed by atoms with van der Waals surface area (Å²) in [6, 6.07) is 15.8. The average Bonchev–Trinajstić information content (AvgIpc) is 3.65. The van der Waals surface area contributed by atoms with Crippen molar-refractivity contribution < 1.29 is 22.7 Å². The Bertz CT molecular complexity index is 1690. The van der Waals surface area contributed by atoms with Crippen LogP contribution in [-0.4, -0.2) is 38.5 Å². The van der Waals surface area contributed by atoms with Crippen LogP contribution in [0.15, 0.2) is 65.7 Å². The van der Waals surface area contributed by atoms with E-state index in [-0.39, 0.29) is 10.8 Å². The van der Waals surface area contributed by atoms with Crippen molar-refractivity contribution in [1.29, 1.82) is 0 Å². The van der Waals surface area contributed by atoms with E-state index in [4.69, 9.17) is 9.47 Å². The monoisotopic (exact) mass is 531 g/mol. The van der Waals surface area contributed by atoms with E-state index >= 15 is 0 Å². The number of pyridine rings is 2. The normalized spacial score (nSPS) is 18.7. The summed E-state index contributed by atoms with van der Waals surface area (Å²) in [5, 5.41) is 0.447. The van der Waals surface area contributed by atoms with Crippen molar-refractivity contribution in [2.45, 2.75) is 43.4 Å². The molecule has 1 aliphatic carbocycles. The topological polar surface area (TPSA) is 107 Å². The molecule has 1 amide bonds. The molecule has 4 aromatic rings. The fourth-order valence-corrected chi connectivity index (χ4v) is 6.48. The first-order chi connectivity index (χ1) is 18.1. The molecule has 0 saturated heterocycles. The lowest BCUT2D eigenvalue weighted by Crippen LogP contribution is -2.40. The molecule has 8 nitrogen and oxygen atoms in total. The maximum absolute atomic E-state index is 14.1. The van der Waals surface area contributed by atoms with Gasteiger partial charge in [0.2, 0.25) is 11.8 Å². The van der Waals surface area contributed by atoms with Gasteiger partial charge in [0.1, 0.15) is 5.75 Å². The highest BCUT2D eigenvalue weighted by Gasteiger charge is 2.63. The Hall–Kier alpha value is -3.98. The number of nitrogens with zero attached hydrogens (tertiary/aromatic N) is 2. The number of hydrogen-bond acceptors (Lipinski definition) is 7. The second kappa shape index (κ2) is 9.40. The smallest absolute Gasteiger partial charge is 0.264 e. The first-order valence-corrected chi connectivity index (χ1v) is 13.7. The SMILES string of the molecule is COc1ccc(C)cc1[C@]1(C(=O)NS(=O)(=O)c2cccc3nc(C)ccc23)C[C@@H]1c1cnc(OC)c(C)c1. The van der Waals surface area contributed by atoms with Crippen molar-refractivity contribution in [3.8, 4) is 11.6 Å². The predicted octanol–water partition coefficient (Wildman–Crippen LogP) is 4.50. The maximum Gasteiger partial charge on any atom is 0.264 e. The van der Waals surface area contributed by atoms with Crippen molar-refractivity contribution in [2.75, 3.05) is 14.2 Å². The minimum atomic E-state index is -4.22. The molecule has 2 aromatic heterocycles. The van der Waals surface area contributed by atoms with Gasteiger partial charge >= 0.3 is 0 Å². The quantitative estimate of drug-likeness (QED) is 0.374. The first-order valence-electron chi connectivity index (χ1n) is 12.2. The third kappa shape index (κ3) is 4.26. The third-order valence-corrected chi connectivity index (χ3v) is 8.59. The molecule has 0 radical (unpaired) electrons. The van der Waals surface area contributed by atoms with Crippen LogP contribution in [0.4, 0.5) is 0 Å². The van der Waals surface area contributed by atoms with Gasteiger partial charge in [-0.1, -0.05) is 23.8 Å². The van der Waals surface area contributed by atoms with Gasteiger partial charge in [0.15, 0.2) is 0 Å². The number of nitrogens with one attached hydrogen (secondary N) is 1. The summed E-state index contributed by atoms with van der Waals surface area (Å²) >= 11 is 0. The lowest BCUT2D eigenvalue weighted by molar-refractivity contribution is -0.122. The Balaban J connectivity index is 1.60. The standard InChI is InChI=1S/C29H29N3O5S/c1-17-9-12-25(36-4)22(13-17)29(15-23(29)20-14-18(2)27(37-5)30-16-20)28(33)32-38(34,35)26-8-6-7-24-21(26)11-10-19(3)31-24/h6-14,16,23H,15H2,1-5H3,(H,32,33)/t23-,29-/m1/s1. The number of rotatable bonds is 7. The number of fused-ring (bicyclic) bond motifs is 1. The summed E-state index contributed by atoms with van der Waals surface area (Å²) < 4.78 is 40.6. The van der Waals surface area contributed by atoms with Gasteiger partial charge < -0.3 is 9.47 Å². The third-order valence-electron chi connectivity index (χ3n) is 7.20. The number of sulfonamides is 1. The summed E-state index contributed by atoms with van der Waals surface area (Å²) in [7, 11) is -1.13. The molecule has 38 heavy (non-hydrogen) atoms. The molecule has 2 aromatic carbocycles. The highest BCUT2D eigenvalue weighted by Crippen LogP contribution is 2.62. The van der Waals surface area contributed by atoms with E-state index in [1.54, 1.807) is 43.6 Å². The molecule has 2 heterocycles. The Labute approximate surface area is 222 Å². The Morgan fingerprint density at radius 1 is 1.03 bits per heavy atom. The molecule has 0 aliphatic heterocycles. The van der Waals surface area contributed by atoms with Crippen LogP contribution in [0.2, 0.25) is 0 Å². The minimum Gasteiger partial charge on any atom is -0.496 e. The number of methoxy groups -OCH3 is 2. The molecule has 1 aliphatic rings. The van der Waals surface area contributed by atoms with E-state index in [1.807, 2.05) is 39.0 Å². The first kappa shape index (κ1) is 25.7. The van der Waals surface area contributed by atoms with Crippen LogP contribution in [0.3, 0.4) is 0 Å². The van der Waals surface area contributed by atoms with E-state index in [0.717, 1.165) is 22.4 Å². The molecule has 0 bridgehead atoms. The van der Waals surface area contributed by atoms with Gasteiger partial charge in [-0.2, -0.15) is 0 Å². The molecule has 1 fully saturated rings. The summed E-state index contributed by atoms with van der Waals surface area (Å²) in [5.41, 5.74) is 3.37. The van der Waals surface area contributed by atoms with Crippen LogP contribution in [-0.2, 0) is 20.2 Å². The molecule has 0 spiro atoms. The molecule has 2 atom stereocenters. The van der Waals surface area contributed by atoms with Crippen LogP contribution in [0.1, 0.15) is 40.3 Å². The molecule has 5 rings (SSSR count). The highest BCUT2D eigenvalue weighted by atomic mass is 32.2. The van der Waals surface area contributed by atoms with Gasteiger partial charge in [0.25, 0.3) is 10.0 Å². The lowest BCUT2D eigenvalue weighted by Gasteiger charge is -2.22. The van der Waals surface area contributed by atoms with E-state index in [0.29, 0.717) is 34.5 Å². The lowest BCUT2D eigenvalue weighted by atomic mass is 9.88. The molecule has 196 valence electrons. The van der Waals surface area contributed by atoms with Gasteiger partial charge in [0, 0.05) is 34.3 Å². The number of aromatic nitrogens is 2. The predicted molar refractivity (Wildman–Crippen MR) is 144 cm³/mol. The Morgan fingerprint density at radius 2 is 1.82 bits per heavy atom. The number of aryl methyl sites for hydroxylation is 3. The summed E-state index contributed by atoms with van der Waals surface area (Å²) in [5.74, 6) is 0.105. The Morgan fingerprint density at radius 3 is 2.53 bits per heavy atom. The van der Waals surface area contributed by atoms with Gasteiger partial charge in [-0.3, -0.25) is 9.78 Å². The molecule has 1 N–H and O–H groups in total. The van der Waals surface area contributed by atoms with Crippen LogP contribution >= 0.6 is 0 Å². The van der Waals surface area contributed by atoms with E-state index < -0.39 is 21.3 Å². The largest absolute Gasteiger partial charge is 0.496 e. The van der Waals surface area contributed by atoms with Crippen molar-refractivity contribution in [3.05, 3.63) is 88.7 Å². The van der Waals surface area contributed by atoms with Crippen molar-refractivity contribution in [3.63, 3.8) is 0 Å². The molecular formula is C29H29N3O5S. The number of benzene rings is 2.